The van der Waals surface area contributed by atoms with Gasteiger partial charge in [-0.3, -0.25) is 0 Å². The zero-order valence-corrected chi connectivity index (χ0v) is 21.9. The van der Waals surface area contributed by atoms with Gasteiger partial charge in [-0.1, -0.05) is 54.4 Å². The quantitative estimate of drug-likeness (QED) is 0.396. The molecule has 5 aliphatic carbocycles. The molecule has 1 nitrogen and oxygen atoms in total. The fraction of sp³-hybridized carbons (Fsp3) is 1.00. The molecule has 5 aliphatic rings. The Balaban J connectivity index is 1.33. The summed E-state index contributed by atoms with van der Waals surface area (Å²) in [5, 5.41) is 0. The highest BCUT2D eigenvalue weighted by atomic mass is 16.5. The molecule has 0 amide bonds. The molecule has 0 heterocycles. The number of methoxy groups -OCH3 is 1. The summed E-state index contributed by atoms with van der Waals surface area (Å²) in [7, 11) is 2.04. The van der Waals surface area contributed by atoms with Crippen LogP contribution < -0.4 is 0 Å². The topological polar surface area (TPSA) is 9.23 Å². The van der Waals surface area contributed by atoms with Crippen molar-refractivity contribution in [2.45, 2.75) is 118 Å². The molecule has 0 aromatic carbocycles. The van der Waals surface area contributed by atoms with Gasteiger partial charge in [-0.15, -0.1) is 0 Å². The molecule has 5 rings (SSSR count). The number of hydrogen-bond donors (Lipinski definition) is 0. The van der Waals surface area contributed by atoms with Gasteiger partial charge in [0.15, 0.2) is 0 Å². The molecule has 5 saturated carbocycles. The minimum Gasteiger partial charge on any atom is -0.381 e. The molecule has 0 aliphatic heterocycles. The lowest BCUT2D eigenvalue weighted by Gasteiger charge is -2.61. The first-order chi connectivity index (χ1) is 14.7. The third-order valence-electron chi connectivity index (χ3n) is 13.0. The van der Waals surface area contributed by atoms with Crippen molar-refractivity contribution in [1.82, 2.24) is 0 Å². The van der Waals surface area contributed by atoms with E-state index in [1.54, 1.807) is 0 Å². The molecule has 11 atom stereocenters. The van der Waals surface area contributed by atoms with E-state index in [2.05, 4.69) is 41.5 Å². The summed E-state index contributed by atoms with van der Waals surface area (Å²) >= 11 is 0. The van der Waals surface area contributed by atoms with Crippen LogP contribution in [0.1, 0.15) is 112 Å². The van der Waals surface area contributed by atoms with Crippen molar-refractivity contribution in [3.8, 4) is 0 Å². The summed E-state index contributed by atoms with van der Waals surface area (Å²) in [6.45, 7) is 15.4. The Morgan fingerprint density at radius 3 is 2.35 bits per heavy atom. The zero-order valence-electron chi connectivity index (χ0n) is 21.9. The molecule has 31 heavy (non-hydrogen) atoms. The summed E-state index contributed by atoms with van der Waals surface area (Å²) in [5.41, 5.74) is 1.76. The second-order valence-corrected chi connectivity index (χ2v) is 13.9. The predicted octanol–water partition coefficient (Wildman–Crippen LogP) is 8.37. The molecule has 0 saturated heterocycles. The van der Waals surface area contributed by atoms with Crippen molar-refractivity contribution < 1.29 is 4.74 Å². The first-order valence-corrected chi connectivity index (χ1v) is 14.3. The van der Waals surface area contributed by atoms with E-state index in [9.17, 15) is 0 Å². The summed E-state index contributed by atoms with van der Waals surface area (Å²) in [5.74, 6) is 7.54. The maximum atomic E-state index is 6.32. The van der Waals surface area contributed by atoms with Gasteiger partial charge in [-0.2, -0.15) is 0 Å². The van der Waals surface area contributed by atoms with Crippen molar-refractivity contribution in [1.29, 1.82) is 0 Å². The van der Waals surface area contributed by atoms with E-state index in [4.69, 9.17) is 4.74 Å². The third kappa shape index (κ3) is 3.03. The first kappa shape index (κ1) is 22.7. The van der Waals surface area contributed by atoms with Crippen LogP contribution in [0, 0.1) is 63.6 Å². The summed E-state index contributed by atoms with van der Waals surface area (Å²) in [4.78, 5) is 0. The third-order valence-corrected chi connectivity index (χ3v) is 13.0. The fourth-order valence-corrected chi connectivity index (χ4v) is 11.2. The first-order valence-electron chi connectivity index (χ1n) is 14.3. The van der Waals surface area contributed by atoms with E-state index in [0.29, 0.717) is 22.3 Å². The van der Waals surface area contributed by atoms with Gasteiger partial charge in [0.05, 0.1) is 6.10 Å². The Morgan fingerprint density at radius 1 is 0.935 bits per heavy atom. The highest BCUT2D eigenvalue weighted by Crippen LogP contribution is 2.82. The average molecular weight is 429 g/mol. The maximum absolute atomic E-state index is 6.32. The van der Waals surface area contributed by atoms with Gasteiger partial charge in [0.2, 0.25) is 0 Å². The van der Waals surface area contributed by atoms with Gasteiger partial charge < -0.3 is 4.74 Å². The highest BCUT2D eigenvalue weighted by Gasteiger charge is 2.77. The number of ether oxygens (including phenoxy) is 1. The normalized spacial score (nSPS) is 52.3. The molecule has 5 fully saturated rings. The Morgan fingerprint density at radius 2 is 1.71 bits per heavy atom. The van der Waals surface area contributed by atoms with Crippen LogP contribution in [0.2, 0.25) is 0 Å². The van der Waals surface area contributed by atoms with Gasteiger partial charge in [0.1, 0.15) is 0 Å². The molecular formula is C30H52O. The van der Waals surface area contributed by atoms with E-state index in [0.717, 1.165) is 47.3 Å². The van der Waals surface area contributed by atoms with Crippen LogP contribution in [-0.2, 0) is 4.74 Å². The highest BCUT2D eigenvalue weighted by molar-refractivity contribution is 5.26. The molecule has 8 unspecified atom stereocenters. The Kier molecular flexibility index (Phi) is 5.68. The second kappa shape index (κ2) is 7.74. The maximum Gasteiger partial charge on any atom is 0.0638 e. The standard InChI is InChI=1S/C30H52O/c1-8-21(19(2)3)10-9-20(4)24-11-12-25-23-17-27(31-7)30-18-22(30)13-16-29(30,6)26(23)14-15-28(24,25)5/h19-27H,8-18H2,1-7H3/t20?,21?,22-,23?,24?,25?,26?,27?,28-,29-,30?/m1/s1. The SMILES string of the molecule is CCC(CCC(C)C1CCC2C3CC(OC)C45C[C@H]4CC[C@]5(C)C3CC[C@]12C)C(C)C. The lowest BCUT2D eigenvalue weighted by molar-refractivity contribution is -0.161. The largest absolute Gasteiger partial charge is 0.381 e. The van der Waals surface area contributed by atoms with Crippen molar-refractivity contribution in [3.05, 3.63) is 0 Å². The fourth-order valence-electron chi connectivity index (χ4n) is 11.2. The molecule has 0 bridgehead atoms. The van der Waals surface area contributed by atoms with Crippen molar-refractivity contribution >= 4 is 0 Å². The van der Waals surface area contributed by atoms with Crippen LogP contribution in [0.3, 0.4) is 0 Å². The van der Waals surface area contributed by atoms with Crippen LogP contribution in [0.5, 0.6) is 0 Å². The summed E-state index contributed by atoms with van der Waals surface area (Å²) in [6, 6.07) is 0. The number of rotatable bonds is 7. The molecular weight excluding hydrogens is 376 g/mol. The molecule has 0 radical (unpaired) electrons. The minimum atomic E-state index is 0.557. The average Bonchev–Trinajstić information content (AvgIpc) is 3.24. The molecule has 178 valence electrons. The summed E-state index contributed by atoms with van der Waals surface area (Å²) < 4.78 is 6.32. The van der Waals surface area contributed by atoms with Gasteiger partial charge in [-0.25, -0.2) is 0 Å². The Hall–Kier alpha value is -0.0400. The molecule has 0 aromatic heterocycles. The van der Waals surface area contributed by atoms with Crippen LogP contribution in [0.25, 0.3) is 0 Å². The number of hydrogen-bond acceptors (Lipinski definition) is 1. The van der Waals surface area contributed by atoms with Crippen LogP contribution in [-0.4, -0.2) is 13.2 Å². The lowest BCUT2D eigenvalue weighted by atomic mass is 9.45. The molecule has 1 heteroatoms. The second-order valence-electron chi connectivity index (χ2n) is 13.9. The van der Waals surface area contributed by atoms with Crippen molar-refractivity contribution in [2.24, 2.45) is 63.6 Å². The Labute approximate surface area is 193 Å². The number of fused-ring (bicyclic) bond motifs is 4. The Bertz CT molecular complexity index is 669. The monoisotopic (exact) mass is 428 g/mol. The van der Waals surface area contributed by atoms with Gasteiger partial charge in [0.25, 0.3) is 0 Å². The van der Waals surface area contributed by atoms with E-state index < -0.39 is 0 Å². The lowest BCUT2D eigenvalue weighted by Crippen LogP contribution is -2.57. The van der Waals surface area contributed by atoms with E-state index in [1.165, 1.54) is 70.6 Å². The van der Waals surface area contributed by atoms with Gasteiger partial charge >= 0.3 is 0 Å². The summed E-state index contributed by atoms with van der Waals surface area (Å²) in [6.07, 6.45) is 16.7. The van der Waals surface area contributed by atoms with Crippen molar-refractivity contribution in [3.63, 3.8) is 0 Å². The minimum absolute atomic E-state index is 0.557. The van der Waals surface area contributed by atoms with Crippen LogP contribution >= 0.6 is 0 Å². The molecule has 0 N–H and O–H groups in total. The van der Waals surface area contributed by atoms with E-state index >= 15 is 0 Å². The predicted molar refractivity (Wildman–Crippen MR) is 131 cm³/mol. The molecule has 1 spiro atoms. The smallest absolute Gasteiger partial charge is 0.0638 e. The molecule has 0 aromatic rings. The van der Waals surface area contributed by atoms with Gasteiger partial charge in [-0.05, 0) is 116 Å². The van der Waals surface area contributed by atoms with Crippen LogP contribution in [0.15, 0.2) is 0 Å². The zero-order chi connectivity index (χ0) is 22.2. The van der Waals surface area contributed by atoms with Crippen molar-refractivity contribution in [2.75, 3.05) is 7.11 Å². The van der Waals surface area contributed by atoms with Gasteiger partial charge in [0, 0.05) is 12.5 Å². The van der Waals surface area contributed by atoms with E-state index in [-0.39, 0.29) is 0 Å². The van der Waals surface area contributed by atoms with E-state index in [1.807, 2.05) is 7.11 Å². The van der Waals surface area contributed by atoms with Crippen LogP contribution in [0.4, 0.5) is 0 Å².